The van der Waals surface area contributed by atoms with Crippen molar-refractivity contribution in [3.05, 3.63) is 29.3 Å². The van der Waals surface area contributed by atoms with Crippen molar-refractivity contribution in [1.29, 1.82) is 0 Å². The van der Waals surface area contributed by atoms with Gasteiger partial charge in [0.05, 0.1) is 11.4 Å². The summed E-state index contributed by atoms with van der Waals surface area (Å²) in [5.74, 6) is 2.36. The fraction of sp³-hybridized carbons (Fsp3) is 0.500. The number of sulfonamides is 1. The van der Waals surface area contributed by atoms with E-state index in [1.165, 1.54) is 11.4 Å². The van der Waals surface area contributed by atoms with E-state index < -0.39 is 10.0 Å². The number of hydrogen-bond acceptors (Lipinski definition) is 3. The van der Waals surface area contributed by atoms with Crippen LogP contribution in [-0.2, 0) is 23.0 Å². The molecule has 0 aliphatic carbocycles. The fourth-order valence-electron chi connectivity index (χ4n) is 1.98. The first-order chi connectivity index (χ1) is 9.82. The fourth-order valence-corrected chi connectivity index (χ4v) is 3.12. The van der Waals surface area contributed by atoms with Gasteiger partial charge in [-0.2, -0.15) is 4.31 Å². The van der Waals surface area contributed by atoms with Crippen molar-refractivity contribution in [2.75, 3.05) is 13.6 Å². The number of rotatable bonds is 7. The number of aryl methyl sites for hydroxylation is 1. The van der Waals surface area contributed by atoms with E-state index in [0.29, 0.717) is 12.6 Å². The van der Waals surface area contributed by atoms with Crippen molar-refractivity contribution in [3.63, 3.8) is 0 Å². The van der Waals surface area contributed by atoms with Crippen molar-refractivity contribution in [2.24, 2.45) is 0 Å². The maximum absolute atomic E-state index is 12.4. The Bertz CT molecular complexity index is 616. The third-order valence-corrected chi connectivity index (χ3v) is 5.08. The van der Waals surface area contributed by atoms with Crippen LogP contribution in [0.3, 0.4) is 0 Å². The molecule has 0 saturated heterocycles. The first-order valence-electron chi connectivity index (χ1n) is 7.07. The molecule has 21 heavy (non-hydrogen) atoms. The molecule has 0 aromatic heterocycles. The van der Waals surface area contributed by atoms with Crippen molar-refractivity contribution < 1.29 is 8.42 Å². The Morgan fingerprint density at radius 3 is 2.52 bits per heavy atom. The highest BCUT2D eigenvalue weighted by molar-refractivity contribution is 7.89. The van der Waals surface area contributed by atoms with Crippen molar-refractivity contribution in [3.8, 4) is 12.3 Å². The van der Waals surface area contributed by atoms with Crippen LogP contribution in [0.1, 0.15) is 31.9 Å². The smallest absolute Gasteiger partial charge is 0.243 e. The van der Waals surface area contributed by atoms with Crippen molar-refractivity contribution in [1.82, 2.24) is 9.62 Å². The molecule has 1 N–H and O–H groups in total. The Balaban J connectivity index is 3.15. The first kappa shape index (κ1) is 17.7. The molecule has 1 aromatic carbocycles. The lowest BCUT2D eigenvalue weighted by atomic mass is 10.1. The molecule has 0 aliphatic rings. The number of benzene rings is 1. The molecule has 0 unspecified atom stereocenters. The molecule has 1 aromatic rings. The Morgan fingerprint density at radius 1 is 1.33 bits per heavy atom. The molecule has 4 nitrogen and oxygen atoms in total. The normalized spacial score (nSPS) is 11.9. The van der Waals surface area contributed by atoms with E-state index in [-0.39, 0.29) is 11.4 Å². The highest BCUT2D eigenvalue weighted by Gasteiger charge is 2.20. The largest absolute Gasteiger partial charge is 0.310 e. The topological polar surface area (TPSA) is 49.4 Å². The van der Waals surface area contributed by atoms with Gasteiger partial charge in [0.15, 0.2) is 0 Å². The Morgan fingerprint density at radius 2 is 2.00 bits per heavy atom. The van der Waals surface area contributed by atoms with E-state index in [4.69, 9.17) is 6.42 Å². The molecule has 0 amide bonds. The van der Waals surface area contributed by atoms with Gasteiger partial charge in [0.2, 0.25) is 10.0 Å². The third-order valence-electron chi connectivity index (χ3n) is 3.28. The van der Waals surface area contributed by atoms with E-state index in [1.54, 1.807) is 12.1 Å². The summed E-state index contributed by atoms with van der Waals surface area (Å²) >= 11 is 0. The molecule has 0 saturated carbocycles. The second kappa shape index (κ2) is 7.60. The number of hydrogen-bond donors (Lipinski definition) is 1. The van der Waals surface area contributed by atoms with Gasteiger partial charge in [-0.3, -0.25) is 0 Å². The summed E-state index contributed by atoms with van der Waals surface area (Å²) in [6, 6.07) is 5.63. The second-order valence-corrected chi connectivity index (χ2v) is 7.33. The molecule has 1 rings (SSSR count). The summed E-state index contributed by atoms with van der Waals surface area (Å²) in [5, 5.41) is 3.33. The summed E-state index contributed by atoms with van der Waals surface area (Å²) < 4.78 is 26.0. The van der Waals surface area contributed by atoms with Gasteiger partial charge in [0, 0.05) is 19.6 Å². The zero-order valence-corrected chi connectivity index (χ0v) is 14.0. The lowest BCUT2D eigenvalue weighted by molar-refractivity contribution is 0.502. The minimum absolute atomic E-state index is 0.0669. The standard InChI is InChI=1S/C16H24N2O2S/c1-6-10-18(5)21(19,20)16-9-8-14(7-2)15(11-16)12-17-13(3)4/h1,8-9,11,13,17H,7,10,12H2,2-5H3. The van der Waals surface area contributed by atoms with Crippen LogP contribution in [0.4, 0.5) is 0 Å². The summed E-state index contributed by atoms with van der Waals surface area (Å²) in [4.78, 5) is 0.290. The third kappa shape index (κ3) is 4.57. The monoisotopic (exact) mass is 308 g/mol. The minimum atomic E-state index is -3.52. The molecule has 0 fully saturated rings. The Hall–Kier alpha value is -1.35. The van der Waals surface area contributed by atoms with Crippen LogP contribution in [-0.4, -0.2) is 32.4 Å². The summed E-state index contributed by atoms with van der Waals surface area (Å²) in [6.45, 7) is 6.91. The first-order valence-corrected chi connectivity index (χ1v) is 8.51. The quantitative estimate of drug-likeness (QED) is 0.784. The molecule has 0 radical (unpaired) electrons. The average molecular weight is 308 g/mol. The van der Waals surface area contributed by atoms with E-state index in [0.717, 1.165) is 17.5 Å². The maximum atomic E-state index is 12.4. The predicted molar refractivity (Wildman–Crippen MR) is 86.4 cm³/mol. The Labute approximate surface area is 128 Å². The highest BCUT2D eigenvalue weighted by Crippen LogP contribution is 2.19. The summed E-state index contributed by atoms with van der Waals surface area (Å²) in [6.07, 6.45) is 6.07. The van der Waals surface area contributed by atoms with Gasteiger partial charge in [-0.1, -0.05) is 32.8 Å². The SMILES string of the molecule is C#CCN(C)S(=O)(=O)c1ccc(CC)c(CNC(C)C)c1. The summed E-state index contributed by atoms with van der Waals surface area (Å²) in [7, 11) is -2.03. The van der Waals surface area contributed by atoms with Crippen LogP contribution in [0.2, 0.25) is 0 Å². The zero-order chi connectivity index (χ0) is 16.0. The predicted octanol–water partition coefficient (Wildman–Crippen LogP) is 2.00. The number of nitrogens with one attached hydrogen (secondary N) is 1. The van der Waals surface area contributed by atoms with Gasteiger partial charge in [-0.05, 0) is 29.7 Å². The van der Waals surface area contributed by atoms with E-state index in [2.05, 4.69) is 32.0 Å². The van der Waals surface area contributed by atoms with Gasteiger partial charge in [0.1, 0.15) is 0 Å². The average Bonchev–Trinajstić information content (AvgIpc) is 2.44. The van der Waals surface area contributed by atoms with Gasteiger partial charge >= 0.3 is 0 Å². The van der Waals surface area contributed by atoms with E-state index in [9.17, 15) is 8.42 Å². The van der Waals surface area contributed by atoms with Gasteiger partial charge in [-0.25, -0.2) is 8.42 Å². The lowest BCUT2D eigenvalue weighted by Crippen LogP contribution is -2.28. The zero-order valence-electron chi connectivity index (χ0n) is 13.2. The molecule has 0 bridgehead atoms. The van der Waals surface area contributed by atoms with Crippen LogP contribution in [0.5, 0.6) is 0 Å². The van der Waals surface area contributed by atoms with Crippen LogP contribution in [0, 0.1) is 12.3 Å². The number of nitrogens with zero attached hydrogens (tertiary/aromatic N) is 1. The molecule has 116 valence electrons. The second-order valence-electron chi connectivity index (χ2n) is 5.28. The molecular formula is C16H24N2O2S. The van der Waals surface area contributed by atoms with E-state index in [1.807, 2.05) is 6.07 Å². The van der Waals surface area contributed by atoms with Crippen LogP contribution >= 0.6 is 0 Å². The highest BCUT2D eigenvalue weighted by atomic mass is 32.2. The van der Waals surface area contributed by atoms with Crippen LogP contribution in [0.25, 0.3) is 0 Å². The summed E-state index contributed by atoms with van der Waals surface area (Å²) in [5.41, 5.74) is 2.17. The Kier molecular flexibility index (Phi) is 6.41. The molecule has 0 aliphatic heterocycles. The maximum Gasteiger partial charge on any atom is 0.243 e. The number of terminal acetylenes is 1. The van der Waals surface area contributed by atoms with Crippen LogP contribution in [0.15, 0.2) is 23.1 Å². The molecular weight excluding hydrogens is 284 g/mol. The molecule has 0 spiro atoms. The minimum Gasteiger partial charge on any atom is -0.310 e. The van der Waals surface area contributed by atoms with Crippen molar-refractivity contribution in [2.45, 2.75) is 44.7 Å². The lowest BCUT2D eigenvalue weighted by Gasteiger charge is -2.17. The molecule has 0 atom stereocenters. The van der Waals surface area contributed by atoms with E-state index >= 15 is 0 Å². The van der Waals surface area contributed by atoms with Gasteiger partial charge in [0.25, 0.3) is 0 Å². The van der Waals surface area contributed by atoms with Crippen molar-refractivity contribution >= 4 is 10.0 Å². The van der Waals surface area contributed by atoms with Gasteiger partial charge in [-0.15, -0.1) is 6.42 Å². The molecule has 5 heteroatoms. The molecule has 0 heterocycles. The van der Waals surface area contributed by atoms with Crippen LogP contribution < -0.4 is 5.32 Å². The van der Waals surface area contributed by atoms with Gasteiger partial charge < -0.3 is 5.32 Å².